The third-order valence-electron chi connectivity index (χ3n) is 2.77. The molecule has 0 bridgehead atoms. The number of pyridine rings is 3. The fraction of sp³-hybridized carbons (Fsp3) is 0.0714. The molecule has 3 aromatic heterocycles. The van der Waals surface area contributed by atoms with E-state index < -0.39 is 0 Å². The zero-order chi connectivity index (χ0) is 12.5. The topological polar surface area (TPSA) is 64.7 Å². The van der Waals surface area contributed by atoms with Crippen LogP contribution in [0.15, 0.2) is 42.6 Å². The number of rotatable bonds is 1. The van der Waals surface area contributed by atoms with Crippen molar-refractivity contribution in [2.45, 2.75) is 6.92 Å². The Kier molecular flexibility index (Phi) is 2.41. The van der Waals surface area contributed by atoms with E-state index in [-0.39, 0.29) is 0 Å². The molecule has 2 N–H and O–H groups in total. The molecule has 0 saturated carbocycles. The Morgan fingerprint density at radius 1 is 1.00 bits per heavy atom. The zero-order valence-corrected chi connectivity index (χ0v) is 9.96. The van der Waals surface area contributed by atoms with E-state index in [1.54, 1.807) is 6.20 Å². The van der Waals surface area contributed by atoms with Crippen molar-refractivity contribution in [3.05, 3.63) is 48.3 Å². The number of hydrogen-bond donors (Lipinski definition) is 1. The van der Waals surface area contributed by atoms with Gasteiger partial charge in [0.1, 0.15) is 0 Å². The van der Waals surface area contributed by atoms with Crippen molar-refractivity contribution in [2.24, 2.45) is 0 Å². The van der Waals surface area contributed by atoms with Crippen molar-refractivity contribution < 1.29 is 0 Å². The molecule has 0 radical (unpaired) electrons. The van der Waals surface area contributed by atoms with E-state index in [4.69, 9.17) is 5.73 Å². The molecule has 18 heavy (non-hydrogen) atoms. The molecule has 3 aromatic rings. The third-order valence-corrected chi connectivity index (χ3v) is 2.77. The Hall–Kier alpha value is -2.49. The highest BCUT2D eigenvalue weighted by Gasteiger charge is 2.06. The van der Waals surface area contributed by atoms with Crippen LogP contribution in [0.5, 0.6) is 0 Å². The van der Waals surface area contributed by atoms with Crippen LogP contribution >= 0.6 is 0 Å². The summed E-state index contributed by atoms with van der Waals surface area (Å²) in [6, 6.07) is 11.4. The summed E-state index contributed by atoms with van der Waals surface area (Å²) in [5.41, 5.74) is 9.87. The number of aromatic nitrogens is 3. The molecule has 0 aliphatic heterocycles. The minimum Gasteiger partial charge on any atom is -0.398 e. The Bertz CT molecular complexity index is 722. The first-order chi connectivity index (χ1) is 8.74. The van der Waals surface area contributed by atoms with Gasteiger partial charge in [-0.15, -0.1) is 0 Å². The van der Waals surface area contributed by atoms with Crippen LogP contribution in [0.1, 0.15) is 5.69 Å². The van der Waals surface area contributed by atoms with E-state index in [0.29, 0.717) is 11.3 Å². The van der Waals surface area contributed by atoms with E-state index in [1.165, 1.54) is 0 Å². The monoisotopic (exact) mass is 236 g/mol. The highest BCUT2D eigenvalue weighted by molar-refractivity contribution is 5.89. The van der Waals surface area contributed by atoms with Gasteiger partial charge in [0.25, 0.3) is 0 Å². The number of nitrogen functional groups attached to an aromatic ring is 1. The lowest BCUT2D eigenvalue weighted by molar-refractivity contribution is 1.18. The molecule has 0 unspecified atom stereocenters. The SMILES string of the molecule is Cc1cccc(-c2cc(N)c3cccnc3n2)n1. The second-order valence-electron chi connectivity index (χ2n) is 4.14. The average molecular weight is 236 g/mol. The fourth-order valence-electron chi connectivity index (χ4n) is 1.90. The summed E-state index contributed by atoms with van der Waals surface area (Å²) in [6.07, 6.45) is 1.71. The molecule has 0 fully saturated rings. The van der Waals surface area contributed by atoms with Gasteiger partial charge in [-0.3, -0.25) is 4.98 Å². The predicted octanol–water partition coefficient (Wildman–Crippen LogP) is 2.58. The summed E-state index contributed by atoms with van der Waals surface area (Å²) in [7, 11) is 0. The van der Waals surface area contributed by atoms with Crippen LogP contribution in [0.25, 0.3) is 22.4 Å². The fourth-order valence-corrected chi connectivity index (χ4v) is 1.90. The molecule has 0 saturated heterocycles. The van der Waals surface area contributed by atoms with E-state index in [0.717, 1.165) is 22.5 Å². The maximum atomic E-state index is 6.02. The standard InChI is InChI=1S/C14H12N4/c1-9-4-2-6-12(17-9)13-8-11(15)10-5-3-7-16-14(10)18-13/h2-8H,1H3,(H2,15,16,18). The number of fused-ring (bicyclic) bond motifs is 1. The lowest BCUT2D eigenvalue weighted by atomic mass is 10.2. The maximum Gasteiger partial charge on any atom is 0.161 e. The number of aryl methyl sites for hydroxylation is 1. The normalized spacial score (nSPS) is 10.7. The summed E-state index contributed by atoms with van der Waals surface area (Å²) in [5.74, 6) is 0. The molecule has 4 heteroatoms. The highest BCUT2D eigenvalue weighted by atomic mass is 14.9. The molecule has 4 nitrogen and oxygen atoms in total. The first-order valence-corrected chi connectivity index (χ1v) is 5.69. The first kappa shape index (κ1) is 10.7. The molecule has 0 spiro atoms. The van der Waals surface area contributed by atoms with Gasteiger partial charge in [0, 0.05) is 23.0 Å². The molecule has 88 valence electrons. The predicted molar refractivity (Wildman–Crippen MR) is 71.9 cm³/mol. The van der Waals surface area contributed by atoms with Gasteiger partial charge in [0.05, 0.1) is 11.4 Å². The van der Waals surface area contributed by atoms with Crippen molar-refractivity contribution >= 4 is 16.7 Å². The zero-order valence-electron chi connectivity index (χ0n) is 9.96. The van der Waals surface area contributed by atoms with Gasteiger partial charge in [-0.1, -0.05) is 6.07 Å². The van der Waals surface area contributed by atoms with Gasteiger partial charge in [0.15, 0.2) is 5.65 Å². The van der Waals surface area contributed by atoms with Gasteiger partial charge in [-0.2, -0.15) is 0 Å². The molecule has 0 amide bonds. The van der Waals surface area contributed by atoms with Crippen molar-refractivity contribution in [2.75, 3.05) is 5.73 Å². The Morgan fingerprint density at radius 2 is 1.89 bits per heavy atom. The van der Waals surface area contributed by atoms with Crippen LogP contribution < -0.4 is 5.73 Å². The van der Waals surface area contributed by atoms with E-state index >= 15 is 0 Å². The van der Waals surface area contributed by atoms with E-state index in [1.807, 2.05) is 43.3 Å². The molecule has 0 atom stereocenters. The van der Waals surface area contributed by atoms with Crippen LogP contribution in [-0.4, -0.2) is 15.0 Å². The Balaban J connectivity index is 2.24. The van der Waals surface area contributed by atoms with Gasteiger partial charge >= 0.3 is 0 Å². The van der Waals surface area contributed by atoms with Crippen LogP contribution in [-0.2, 0) is 0 Å². The summed E-state index contributed by atoms with van der Waals surface area (Å²) in [5, 5.41) is 0.869. The molecule has 3 rings (SSSR count). The molecule has 0 aliphatic carbocycles. The minimum absolute atomic E-state index is 0.649. The van der Waals surface area contributed by atoms with Crippen LogP contribution in [0.4, 0.5) is 5.69 Å². The lowest BCUT2D eigenvalue weighted by Crippen LogP contribution is -1.95. The second kappa shape index (κ2) is 4.07. The van der Waals surface area contributed by atoms with Crippen molar-refractivity contribution in [3.63, 3.8) is 0 Å². The van der Waals surface area contributed by atoms with Crippen LogP contribution in [0.3, 0.4) is 0 Å². The van der Waals surface area contributed by atoms with E-state index in [2.05, 4.69) is 15.0 Å². The molecule has 3 heterocycles. The summed E-state index contributed by atoms with van der Waals surface area (Å²) < 4.78 is 0. The molecule has 0 aromatic carbocycles. The Morgan fingerprint density at radius 3 is 2.72 bits per heavy atom. The first-order valence-electron chi connectivity index (χ1n) is 5.69. The highest BCUT2D eigenvalue weighted by Crippen LogP contribution is 2.23. The summed E-state index contributed by atoms with van der Waals surface area (Å²) in [6.45, 7) is 1.95. The van der Waals surface area contributed by atoms with Gasteiger partial charge in [-0.05, 0) is 37.3 Å². The number of hydrogen-bond acceptors (Lipinski definition) is 4. The quantitative estimate of drug-likeness (QED) is 0.705. The number of nitrogens with zero attached hydrogens (tertiary/aromatic N) is 3. The number of anilines is 1. The smallest absolute Gasteiger partial charge is 0.161 e. The molecular formula is C14H12N4. The maximum absolute atomic E-state index is 6.02. The summed E-state index contributed by atoms with van der Waals surface area (Å²) in [4.78, 5) is 13.2. The van der Waals surface area contributed by atoms with E-state index in [9.17, 15) is 0 Å². The second-order valence-corrected chi connectivity index (χ2v) is 4.14. The molecule has 0 aliphatic rings. The van der Waals surface area contributed by atoms with Gasteiger partial charge in [0.2, 0.25) is 0 Å². The van der Waals surface area contributed by atoms with Crippen molar-refractivity contribution in [3.8, 4) is 11.4 Å². The van der Waals surface area contributed by atoms with Crippen LogP contribution in [0, 0.1) is 6.92 Å². The summed E-state index contributed by atoms with van der Waals surface area (Å²) >= 11 is 0. The minimum atomic E-state index is 0.649. The lowest BCUT2D eigenvalue weighted by Gasteiger charge is -2.05. The third kappa shape index (κ3) is 1.78. The number of nitrogens with two attached hydrogens (primary N) is 1. The van der Waals surface area contributed by atoms with Gasteiger partial charge in [-0.25, -0.2) is 9.97 Å². The average Bonchev–Trinajstić information content (AvgIpc) is 2.39. The Labute approximate surface area is 105 Å². The molecular weight excluding hydrogens is 224 g/mol. The largest absolute Gasteiger partial charge is 0.398 e. The van der Waals surface area contributed by atoms with Crippen LogP contribution in [0.2, 0.25) is 0 Å². The van der Waals surface area contributed by atoms with Crippen molar-refractivity contribution in [1.82, 2.24) is 15.0 Å². The van der Waals surface area contributed by atoms with Crippen molar-refractivity contribution in [1.29, 1.82) is 0 Å². The van der Waals surface area contributed by atoms with Gasteiger partial charge < -0.3 is 5.73 Å².